The number of aryl methyl sites for hydroxylation is 1. The molecule has 1 fully saturated rings. The normalized spacial score (nSPS) is 21.1. The smallest absolute Gasteiger partial charge is 0.0698 e. The molecule has 1 aromatic carbocycles. The number of nitrogens with zero attached hydrogens (tertiary/aromatic N) is 2. The minimum atomic E-state index is 0.410. The van der Waals surface area contributed by atoms with Crippen LogP contribution in [0.1, 0.15) is 18.4 Å². The minimum Gasteiger partial charge on any atom is -0.380 e. The first-order chi connectivity index (χ1) is 9.26. The number of piperidine rings is 1. The molecular weight excluding hydrogens is 236 g/mol. The average molecular weight is 258 g/mol. The van der Waals surface area contributed by atoms with E-state index in [4.69, 9.17) is 4.74 Å². The molecule has 0 bridgehead atoms. The monoisotopic (exact) mass is 258 g/mol. The van der Waals surface area contributed by atoms with Crippen molar-refractivity contribution in [2.45, 2.75) is 25.5 Å². The molecule has 3 heteroatoms. The van der Waals surface area contributed by atoms with E-state index in [1.807, 2.05) is 7.11 Å². The van der Waals surface area contributed by atoms with Crippen LogP contribution in [0.4, 0.5) is 0 Å². The molecule has 0 aliphatic carbocycles. The highest BCUT2D eigenvalue weighted by Gasteiger charge is 2.19. The Balaban J connectivity index is 1.75. The Kier molecular flexibility index (Phi) is 3.58. The second kappa shape index (κ2) is 5.35. The fourth-order valence-electron chi connectivity index (χ4n) is 3.01. The van der Waals surface area contributed by atoms with Gasteiger partial charge in [0, 0.05) is 39.0 Å². The summed E-state index contributed by atoms with van der Waals surface area (Å²) in [6.07, 6.45) is 4.97. The fourth-order valence-corrected chi connectivity index (χ4v) is 3.01. The predicted octanol–water partition coefficient (Wildman–Crippen LogP) is 2.79. The number of aromatic nitrogens is 1. The number of benzene rings is 1. The van der Waals surface area contributed by atoms with Gasteiger partial charge in [-0.05, 0) is 42.5 Å². The molecule has 1 aliphatic heterocycles. The van der Waals surface area contributed by atoms with Gasteiger partial charge in [0.1, 0.15) is 0 Å². The molecule has 0 N–H and O–H groups in total. The molecule has 1 saturated heterocycles. The highest BCUT2D eigenvalue weighted by molar-refractivity contribution is 5.80. The van der Waals surface area contributed by atoms with Crippen molar-refractivity contribution in [2.24, 2.45) is 7.05 Å². The fraction of sp³-hybridized carbons (Fsp3) is 0.500. The zero-order valence-corrected chi connectivity index (χ0v) is 11.8. The van der Waals surface area contributed by atoms with E-state index in [2.05, 4.69) is 47.0 Å². The second-order valence-corrected chi connectivity index (χ2v) is 5.55. The molecule has 0 saturated carbocycles. The molecule has 19 heavy (non-hydrogen) atoms. The summed E-state index contributed by atoms with van der Waals surface area (Å²) >= 11 is 0. The van der Waals surface area contributed by atoms with Gasteiger partial charge in [-0.1, -0.05) is 12.1 Å². The van der Waals surface area contributed by atoms with Crippen LogP contribution in [0.3, 0.4) is 0 Å². The van der Waals surface area contributed by atoms with Crippen molar-refractivity contribution in [1.29, 1.82) is 0 Å². The third-order valence-electron chi connectivity index (χ3n) is 4.15. The molecule has 0 spiro atoms. The van der Waals surface area contributed by atoms with Crippen molar-refractivity contribution in [3.8, 4) is 0 Å². The van der Waals surface area contributed by atoms with Crippen LogP contribution in [0.5, 0.6) is 0 Å². The summed E-state index contributed by atoms with van der Waals surface area (Å²) in [6, 6.07) is 8.95. The zero-order valence-electron chi connectivity index (χ0n) is 11.8. The van der Waals surface area contributed by atoms with Gasteiger partial charge in [-0.3, -0.25) is 4.90 Å². The molecule has 1 aromatic heterocycles. The van der Waals surface area contributed by atoms with Gasteiger partial charge in [0.25, 0.3) is 0 Å². The van der Waals surface area contributed by atoms with Gasteiger partial charge in [0.05, 0.1) is 6.10 Å². The third-order valence-corrected chi connectivity index (χ3v) is 4.15. The van der Waals surface area contributed by atoms with Gasteiger partial charge >= 0.3 is 0 Å². The van der Waals surface area contributed by atoms with Crippen molar-refractivity contribution < 1.29 is 4.74 Å². The molecule has 0 radical (unpaired) electrons. The highest BCUT2D eigenvalue weighted by Crippen LogP contribution is 2.20. The molecule has 3 nitrogen and oxygen atoms in total. The topological polar surface area (TPSA) is 17.4 Å². The lowest BCUT2D eigenvalue weighted by Crippen LogP contribution is -2.38. The van der Waals surface area contributed by atoms with Gasteiger partial charge in [-0.2, -0.15) is 0 Å². The van der Waals surface area contributed by atoms with Crippen LogP contribution in [0.2, 0.25) is 0 Å². The Morgan fingerprint density at radius 3 is 3.05 bits per heavy atom. The van der Waals surface area contributed by atoms with E-state index >= 15 is 0 Å². The number of rotatable bonds is 3. The molecule has 3 rings (SSSR count). The molecule has 0 unspecified atom stereocenters. The Hall–Kier alpha value is -1.32. The zero-order chi connectivity index (χ0) is 13.2. The van der Waals surface area contributed by atoms with E-state index in [0.29, 0.717) is 6.10 Å². The van der Waals surface area contributed by atoms with E-state index < -0.39 is 0 Å². The number of hydrogen-bond donors (Lipinski definition) is 0. The number of methoxy groups -OCH3 is 1. The Morgan fingerprint density at radius 1 is 1.32 bits per heavy atom. The highest BCUT2D eigenvalue weighted by atomic mass is 16.5. The van der Waals surface area contributed by atoms with Crippen LogP contribution in [0, 0.1) is 0 Å². The van der Waals surface area contributed by atoms with E-state index in [-0.39, 0.29) is 0 Å². The maximum atomic E-state index is 5.49. The largest absolute Gasteiger partial charge is 0.380 e. The van der Waals surface area contributed by atoms with Gasteiger partial charge < -0.3 is 9.30 Å². The van der Waals surface area contributed by atoms with Crippen LogP contribution in [-0.4, -0.2) is 35.8 Å². The summed E-state index contributed by atoms with van der Waals surface area (Å²) in [7, 11) is 3.93. The Bertz CT molecular complexity index is 561. The number of ether oxygens (including phenoxy) is 1. The quantitative estimate of drug-likeness (QED) is 0.842. The van der Waals surface area contributed by atoms with Gasteiger partial charge in [-0.15, -0.1) is 0 Å². The number of fused-ring (bicyclic) bond motifs is 1. The SMILES string of the molecule is CO[C@H]1CCCN(Cc2ccc3ccn(C)c3c2)C1. The van der Waals surface area contributed by atoms with Crippen molar-refractivity contribution >= 4 is 10.9 Å². The van der Waals surface area contributed by atoms with E-state index in [0.717, 1.165) is 13.1 Å². The van der Waals surface area contributed by atoms with Crippen LogP contribution < -0.4 is 0 Å². The molecule has 0 amide bonds. The molecule has 1 aliphatic rings. The lowest BCUT2D eigenvalue weighted by Gasteiger charge is -2.31. The van der Waals surface area contributed by atoms with Crippen LogP contribution in [0.25, 0.3) is 10.9 Å². The van der Waals surface area contributed by atoms with E-state index in [9.17, 15) is 0 Å². The minimum absolute atomic E-state index is 0.410. The molecule has 1 atom stereocenters. The molecule has 102 valence electrons. The Labute approximate surface area is 114 Å². The van der Waals surface area contributed by atoms with Crippen molar-refractivity contribution in [1.82, 2.24) is 9.47 Å². The average Bonchev–Trinajstić information content (AvgIpc) is 2.80. The number of likely N-dealkylation sites (tertiary alicyclic amines) is 1. The Morgan fingerprint density at radius 2 is 2.21 bits per heavy atom. The summed E-state index contributed by atoms with van der Waals surface area (Å²) in [5, 5.41) is 1.32. The standard InChI is InChI=1S/C16H22N2O/c1-17-9-7-14-6-5-13(10-16(14)17)11-18-8-3-4-15(12-18)19-2/h5-7,9-10,15H,3-4,8,11-12H2,1-2H3/t15-/m0/s1. The van der Waals surface area contributed by atoms with Crippen LogP contribution in [0.15, 0.2) is 30.5 Å². The van der Waals surface area contributed by atoms with Gasteiger partial charge in [0.2, 0.25) is 0 Å². The maximum Gasteiger partial charge on any atom is 0.0698 e. The molecule has 2 heterocycles. The molecular formula is C16H22N2O. The first kappa shape index (κ1) is 12.7. The first-order valence-electron chi connectivity index (χ1n) is 7.05. The van der Waals surface area contributed by atoms with E-state index in [1.165, 1.54) is 35.9 Å². The maximum absolute atomic E-state index is 5.49. The predicted molar refractivity (Wildman–Crippen MR) is 78.2 cm³/mol. The van der Waals surface area contributed by atoms with E-state index in [1.54, 1.807) is 0 Å². The lowest BCUT2D eigenvalue weighted by atomic mass is 10.1. The van der Waals surface area contributed by atoms with Gasteiger partial charge in [-0.25, -0.2) is 0 Å². The summed E-state index contributed by atoms with van der Waals surface area (Å²) < 4.78 is 7.68. The van der Waals surface area contributed by atoms with Crippen LogP contribution in [-0.2, 0) is 18.3 Å². The first-order valence-corrected chi connectivity index (χ1v) is 7.05. The van der Waals surface area contributed by atoms with Crippen LogP contribution >= 0.6 is 0 Å². The summed E-state index contributed by atoms with van der Waals surface area (Å²) in [5.74, 6) is 0. The summed E-state index contributed by atoms with van der Waals surface area (Å²) in [6.45, 7) is 3.27. The number of hydrogen-bond acceptors (Lipinski definition) is 2. The lowest BCUT2D eigenvalue weighted by molar-refractivity contribution is 0.0285. The third kappa shape index (κ3) is 2.67. The second-order valence-electron chi connectivity index (χ2n) is 5.55. The van der Waals surface area contributed by atoms with Crippen molar-refractivity contribution in [3.63, 3.8) is 0 Å². The summed E-state index contributed by atoms with van der Waals surface area (Å²) in [5.41, 5.74) is 2.71. The molecule has 2 aromatic rings. The van der Waals surface area contributed by atoms with Crippen molar-refractivity contribution in [2.75, 3.05) is 20.2 Å². The van der Waals surface area contributed by atoms with Gasteiger partial charge in [0.15, 0.2) is 0 Å². The summed E-state index contributed by atoms with van der Waals surface area (Å²) in [4.78, 5) is 2.50. The van der Waals surface area contributed by atoms with Crippen molar-refractivity contribution in [3.05, 3.63) is 36.0 Å².